The van der Waals surface area contributed by atoms with Crippen LogP contribution >= 0.6 is 0 Å². The van der Waals surface area contributed by atoms with Crippen molar-refractivity contribution in [3.8, 4) is 22.9 Å². The van der Waals surface area contributed by atoms with Crippen LogP contribution in [0.25, 0.3) is 16.9 Å². The first-order valence-corrected chi connectivity index (χ1v) is 6.74. The summed E-state index contributed by atoms with van der Waals surface area (Å²) >= 11 is 0. The predicted molar refractivity (Wildman–Crippen MR) is 76.2 cm³/mol. The minimum absolute atomic E-state index is 0.693. The summed E-state index contributed by atoms with van der Waals surface area (Å²) in [7, 11) is 0. The summed E-state index contributed by atoms with van der Waals surface area (Å²) in [6, 6.07) is 12.0. The van der Waals surface area contributed by atoms with E-state index in [9.17, 15) is 0 Å². The average Bonchev–Trinajstić information content (AvgIpc) is 2.78. The molecule has 1 aliphatic heterocycles. The third-order valence-corrected chi connectivity index (χ3v) is 3.44. The normalized spacial score (nSPS) is 14.2. The monoisotopic (exact) mass is 266 g/mol. The van der Waals surface area contributed by atoms with Gasteiger partial charge in [-0.1, -0.05) is 6.07 Å². The van der Waals surface area contributed by atoms with Gasteiger partial charge in [0, 0.05) is 18.2 Å². The van der Waals surface area contributed by atoms with E-state index in [0.29, 0.717) is 13.2 Å². The van der Waals surface area contributed by atoms with Crippen molar-refractivity contribution in [2.45, 2.75) is 6.42 Å². The Morgan fingerprint density at radius 2 is 1.90 bits per heavy atom. The van der Waals surface area contributed by atoms with Crippen LogP contribution in [-0.4, -0.2) is 22.6 Å². The third kappa shape index (κ3) is 1.81. The lowest BCUT2D eigenvalue weighted by Gasteiger charge is -2.09. The van der Waals surface area contributed by atoms with Gasteiger partial charge in [-0.3, -0.25) is 4.40 Å². The highest BCUT2D eigenvalue weighted by atomic mass is 16.5. The molecule has 0 bridgehead atoms. The second kappa shape index (κ2) is 4.56. The number of nitrogens with zero attached hydrogens (tertiary/aromatic N) is 2. The summed E-state index contributed by atoms with van der Waals surface area (Å²) in [5.41, 5.74) is 2.11. The molecular weight excluding hydrogens is 252 g/mol. The Kier molecular flexibility index (Phi) is 2.59. The fraction of sp³-hybridized carbons (Fsp3) is 0.188. The number of imidazole rings is 1. The standard InChI is InChI=1S/C16H14N2O2/c1-2-7-18-13(4-1)11-17-16(18)12-5-6-14-15(10-12)20-9-3-8-19-14/h1-2,4-7,10-11H,3,8-9H2. The Balaban J connectivity index is 1.84. The van der Waals surface area contributed by atoms with Crippen LogP contribution < -0.4 is 9.47 Å². The lowest BCUT2D eigenvalue weighted by atomic mass is 10.2. The molecule has 0 fully saturated rings. The molecule has 0 spiro atoms. The molecule has 3 aromatic rings. The van der Waals surface area contributed by atoms with Gasteiger partial charge in [-0.15, -0.1) is 0 Å². The van der Waals surface area contributed by atoms with E-state index in [2.05, 4.69) is 9.38 Å². The van der Waals surface area contributed by atoms with Crippen LogP contribution in [0.3, 0.4) is 0 Å². The second-order valence-electron chi connectivity index (χ2n) is 4.79. The maximum atomic E-state index is 5.74. The highest BCUT2D eigenvalue weighted by Gasteiger charge is 2.13. The molecule has 0 radical (unpaired) electrons. The van der Waals surface area contributed by atoms with Crippen molar-refractivity contribution in [3.63, 3.8) is 0 Å². The van der Waals surface area contributed by atoms with E-state index in [0.717, 1.165) is 34.8 Å². The summed E-state index contributed by atoms with van der Waals surface area (Å²) in [5, 5.41) is 0. The minimum Gasteiger partial charge on any atom is -0.490 e. The second-order valence-corrected chi connectivity index (χ2v) is 4.79. The van der Waals surface area contributed by atoms with Gasteiger partial charge in [0.05, 0.1) is 24.9 Å². The molecule has 0 N–H and O–H groups in total. The van der Waals surface area contributed by atoms with Gasteiger partial charge in [0.15, 0.2) is 11.5 Å². The highest BCUT2D eigenvalue weighted by molar-refractivity contribution is 5.65. The highest BCUT2D eigenvalue weighted by Crippen LogP contribution is 2.33. The first-order valence-electron chi connectivity index (χ1n) is 6.74. The largest absolute Gasteiger partial charge is 0.490 e. The van der Waals surface area contributed by atoms with Crippen molar-refractivity contribution in [3.05, 3.63) is 48.8 Å². The summed E-state index contributed by atoms with van der Waals surface area (Å²) in [5.74, 6) is 2.52. The Bertz CT molecular complexity index is 764. The van der Waals surface area contributed by atoms with E-state index >= 15 is 0 Å². The zero-order valence-corrected chi connectivity index (χ0v) is 11.0. The van der Waals surface area contributed by atoms with Crippen LogP contribution in [0.1, 0.15) is 6.42 Å². The molecule has 0 amide bonds. The lowest BCUT2D eigenvalue weighted by Crippen LogP contribution is -1.97. The maximum Gasteiger partial charge on any atom is 0.161 e. The van der Waals surface area contributed by atoms with E-state index in [4.69, 9.17) is 9.47 Å². The molecule has 20 heavy (non-hydrogen) atoms. The fourth-order valence-electron chi connectivity index (χ4n) is 2.46. The van der Waals surface area contributed by atoms with E-state index in [-0.39, 0.29) is 0 Å². The molecule has 4 rings (SSSR count). The van der Waals surface area contributed by atoms with Crippen molar-refractivity contribution in [2.75, 3.05) is 13.2 Å². The topological polar surface area (TPSA) is 35.8 Å². The van der Waals surface area contributed by atoms with Crippen LogP contribution in [0.4, 0.5) is 0 Å². The number of fused-ring (bicyclic) bond motifs is 2. The molecule has 0 unspecified atom stereocenters. The Morgan fingerprint density at radius 3 is 2.85 bits per heavy atom. The number of pyridine rings is 1. The molecule has 0 atom stereocenters. The van der Waals surface area contributed by atoms with Crippen molar-refractivity contribution in [1.29, 1.82) is 0 Å². The van der Waals surface area contributed by atoms with E-state index < -0.39 is 0 Å². The zero-order valence-electron chi connectivity index (χ0n) is 11.0. The molecule has 4 heteroatoms. The fourth-order valence-corrected chi connectivity index (χ4v) is 2.46. The summed E-state index contributed by atoms with van der Waals surface area (Å²) in [6.45, 7) is 1.40. The van der Waals surface area contributed by atoms with E-state index in [1.165, 1.54) is 0 Å². The smallest absolute Gasteiger partial charge is 0.161 e. The van der Waals surface area contributed by atoms with Crippen molar-refractivity contribution < 1.29 is 9.47 Å². The predicted octanol–water partition coefficient (Wildman–Crippen LogP) is 3.16. The number of aromatic nitrogens is 2. The van der Waals surface area contributed by atoms with Gasteiger partial charge >= 0.3 is 0 Å². The molecule has 0 aliphatic carbocycles. The van der Waals surface area contributed by atoms with Gasteiger partial charge in [0.1, 0.15) is 5.82 Å². The van der Waals surface area contributed by atoms with Crippen molar-refractivity contribution >= 4 is 5.52 Å². The van der Waals surface area contributed by atoms with Crippen LogP contribution in [0.2, 0.25) is 0 Å². The molecule has 100 valence electrons. The summed E-state index contributed by atoms with van der Waals surface area (Å²) < 4.78 is 13.5. The Labute approximate surface area is 116 Å². The molecule has 3 heterocycles. The molecule has 1 aromatic carbocycles. The lowest BCUT2D eigenvalue weighted by molar-refractivity contribution is 0.297. The molecule has 0 saturated heterocycles. The Morgan fingerprint density at radius 1 is 1.00 bits per heavy atom. The molecular formula is C16H14N2O2. The van der Waals surface area contributed by atoms with Gasteiger partial charge in [-0.25, -0.2) is 4.98 Å². The van der Waals surface area contributed by atoms with Crippen LogP contribution in [0, 0.1) is 0 Å². The summed E-state index contributed by atoms with van der Waals surface area (Å²) in [6.07, 6.45) is 4.80. The number of hydrogen-bond acceptors (Lipinski definition) is 3. The van der Waals surface area contributed by atoms with Crippen LogP contribution in [0.15, 0.2) is 48.8 Å². The minimum atomic E-state index is 0.693. The van der Waals surface area contributed by atoms with Crippen LogP contribution in [0.5, 0.6) is 11.5 Å². The summed E-state index contributed by atoms with van der Waals surface area (Å²) in [4.78, 5) is 4.50. The van der Waals surface area contributed by atoms with Gasteiger partial charge in [-0.2, -0.15) is 0 Å². The number of benzene rings is 1. The van der Waals surface area contributed by atoms with Gasteiger partial charge in [-0.05, 0) is 30.3 Å². The molecule has 1 aliphatic rings. The zero-order chi connectivity index (χ0) is 13.4. The first kappa shape index (κ1) is 11.3. The van der Waals surface area contributed by atoms with E-state index in [1.54, 1.807) is 0 Å². The Hall–Kier alpha value is -2.49. The quantitative estimate of drug-likeness (QED) is 0.678. The molecule has 4 nitrogen and oxygen atoms in total. The number of hydrogen-bond donors (Lipinski definition) is 0. The molecule has 0 saturated carbocycles. The van der Waals surface area contributed by atoms with Crippen LogP contribution in [-0.2, 0) is 0 Å². The van der Waals surface area contributed by atoms with E-state index in [1.807, 2.05) is 48.8 Å². The number of rotatable bonds is 1. The third-order valence-electron chi connectivity index (χ3n) is 3.44. The molecule has 2 aromatic heterocycles. The SMILES string of the molecule is c1ccn2c(-c3ccc4c(c3)OCCCO4)ncc2c1. The van der Waals surface area contributed by atoms with Crippen molar-refractivity contribution in [1.82, 2.24) is 9.38 Å². The average molecular weight is 266 g/mol. The van der Waals surface area contributed by atoms with Gasteiger partial charge < -0.3 is 9.47 Å². The van der Waals surface area contributed by atoms with Gasteiger partial charge in [0.25, 0.3) is 0 Å². The van der Waals surface area contributed by atoms with Crippen molar-refractivity contribution in [2.24, 2.45) is 0 Å². The maximum absolute atomic E-state index is 5.74. The number of ether oxygens (including phenoxy) is 2. The first-order chi connectivity index (χ1) is 9.92. The van der Waals surface area contributed by atoms with Gasteiger partial charge in [0.2, 0.25) is 0 Å².